The lowest BCUT2D eigenvalue weighted by Gasteiger charge is -2.28. The third kappa shape index (κ3) is 4.91. The second-order valence-electron chi connectivity index (χ2n) is 7.43. The molecular formula is C23H25N5O3. The third-order valence-corrected chi connectivity index (χ3v) is 5.37. The minimum absolute atomic E-state index is 0.0364. The predicted octanol–water partition coefficient (Wildman–Crippen LogP) is 2.19. The SMILES string of the molecule is COc1cccc(C(=O)N2CCn3nnc(CCC(=O)NCc4ccccc4)c3C2)c1. The van der Waals surface area contributed by atoms with Crippen molar-refractivity contribution < 1.29 is 14.3 Å². The fourth-order valence-corrected chi connectivity index (χ4v) is 3.62. The van der Waals surface area contributed by atoms with Crippen LogP contribution in [0.1, 0.15) is 33.7 Å². The Morgan fingerprint density at radius 1 is 1.10 bits per heavy atom. The molecule has 0 saturated heterocycles. The zero-order valence-electron chi connectivity index (χ0n) is 17.5. The highest BCUT2D eigenvalue weighted by Gasteiger charge is 2.26. The van der Waals surface area contributed by atoms with Gasteiger partial charge in [0.25, 0.3) is 5.91 Å². The van der Waals surface area contributed by atoms with E-state index < -0.39 is 0 Å². The molecule has 2 amide bonds. The molecule has 0 unspecified atom stereocenters. The molecule has 3 aromatic rings. The van der Waals surface area contributed by atoms with E-state index in [1.807, 2.05) is 41.1 Å². The molecule has 0 atom stereocenters. The van der Waals surface area contributed by atoms with Gasteiger partial charge in [-0.2, -0.15) is 0 Å². The molecule has 8 heteroatoms. The molecule has 160 valence electrons. The van der Waals surface area contributed by atoms with Crippen LogP contribution >= 0.6 is 0 Å². The number of methoxy groups -OCH3 is 1. The molecule has 0 bridgehead atoms. The van der Waals surface area contributed by atoms with Crippen LogP contribution in [-0.2, 0) is 30.8 Å². The van der Waals surface area contributed by atoms with Crippen molar-refractivity contribution in [1.29, 1.82) is 0 Å². The molecular weight excluding hydrogens is 394 g/mol. The van der Waals surface area contributed by atoms with E-state index in [2.05, 4.69) is 15.6 Å². The first-order valence-electron chi connectivity index (χ1n) is 10.3. The summed E-state index contributed by atoms with van der Waals surface area (Å²) in [4.78, 5) is 27.0. The van der Waals surface area contributed by atoms with Gasteiger partial charge in [0.15, 0.2) is 0 Å². The molecule has 1 aliphatic rings. The average Bonchev–Trinajstić information content (AvgIpc) is 3.23. The first-order valence-corrected chi connectivity index (χ1v) is 10.3. The number of benzene rings is 2. The van der Waals surface area contributed by atoms with Gasteiger partial charge in [0.1, 0.15) is 5.75 Å². The molecule has 1 aromatic heterocycles. The van der Waals surface area contributed by atoms with Gasteiger partial charge in [-0.05, 0) is 23.8 Å². The van der Waals surface area contributed by atoms with E-state index in [0.717, 1.165) is 17.0 Å². The molecule has 4 rings (SSSR count). The monoisotopic (exact) mass is 419 g/mol. The number of hydrogen-bond acceptors (Lipinski definition) is 5. The van der Waals surface area contributed by atoms with Crippen molar-refractivity contribution in [3.05, 3.63) is 77.1 Å². The first kappa shape index (κ1) is 20.6. The van der Waals surface area contributed by atoms with Gasteiger partial charge in [-0.15, -0.1) is 5.10 Å². The summed E-state index contributed by atoms with van der Waals surface area (Å²) in [6.45, 7) is 2.06. The number of fused-ring (bicyclic) bond motifs is 1. The van der Waals surface area contributed by atoms with Crippen LogP contribution in [0.3, 0.4) is 0 Å². The summed E-state index contributed by atoms with van der Waals surface area (Å²) in [5.41, 5.74) is 3.29. The quantitative estimate of drug-likeness (QED) is 0.634. The number of rotatable bonds is 7. The molecule has 0 saturated carbocycles. The summed E-state index contributed by atoms with van der Waals surface area (Å²) < 4.78 is 7.05. The second kappa shape index (κ2) is 9.42. The summed E-state index contributed by atoms with van der Waals surface area (Å²) >= 11 is 0. The molecule has 2 heterocycles. The Hall–Kier alpha value is -3.68. The van der Waals surface area contributed by atoms with Gasteiger partial charge in [0.05, 0.1) is 31.6 Å². The van der Waals surface area contributed by atoms with Crippen LogP contribution in [0, 0.1) is 0 Å². The van der Waals surface area contributed by atoms with E-state index in [1.165, 1.54) is 0 Å². The molecule has 0 radical (unpaired) electrons. The predicted molar refractivity (Wildman–Crippen MR) is 114 cm³/mol. The normalized spacial score (nSPS) is 12.9. The van der Waals surface area contributed by atoms with E-state index in [9.17, 15) is 9.59 Å². The molecule has 0 fully saturated rings. The number of nitrogens with zero attached hydrogens (tertiary/aromatic N) is 4. The number of amides is 2. The highest BCUT2D eigenvalue weighted by Crippen LogP contribution is 2.20. The van der Waals surface area contributed by atoms with Crippen molar-refractivity contribution in [3.63, 3.8) is 0 Å². The number of carbonyl (C=O) groups excluding carboxylic acids is 2. The van der Waals surface area contributed by atoms with Gasteiger partial charge in [-0.1, -0.05) is 41.6 Å². The number of aromatic nitrogens is 3. The van der Waals surface area contributed by atoms with Crippen molar-refractivity contribution in [2.45, 2.75) is 32.5 Å². The Balaban J connectivity index is 1.36. The van der Waals surface area contributed by atoms with Crippen LogP contribution in [-0.4, -0.2) is 45.4 Å². The Bertz CT molecular complexity index is 1060. The Morgan fingerprint density at radius 3 is 2.74 bits per heavy atom. The molecule has 31 heavy (non-hydrogen) atoms. The van der Waals surface area contributed by atoms with Crippen LogP contribution < -0.4 is 10.1 Å². The third-order valence-electron chi connectivity index (χ3n) is 5.37. The smallest absolute Gasteiger partial charge is 0.254 e. The molecule has 0 aliphatic carbocycles. The standard InChI is InChI=1S/C23H25N5O3/c1-31-19-9-5-8-18(14-19)23(30)27-12-13-28-21(16-27)20(25-26-28)10-11-22(29)24-15-17-6-3-2-4-7-17/h2-9,14H,10-13,15-16H2,1H3,(H,24,29). The summed E-state index contributed by atoms with van der Waals surface area (Å²) in [6, 6.07) is 16.9. The van der Waals surface area contributed by atoms with Crippen molar-refractivity contribution in [2.24, 2.45) is 0 Å². The van der Waals surface area contributed by atoms with Gasteiger partial charge in [-0.25, -0.2) is 4.68 Å². The van der Waals surface area contributed by atoms with E-state index in [4.69, 9.17) is 4.74 Å². The van der Waals surface area contributed by atoms with Crippen molar-refractivity contribution in [3.8, 4) is 5.75 Å². The van der Waals surface area contributed by atoms with Gasteiger partial charge in [0, 0.05) is 31.5 Å². The number of hydrogen-bond donors (Lipinski definition) is 1. The van der Waals surface area contributed by atoms with E-state index >= 15 is 0 Å². The lowest BCUT2D eigenvalue weighted by molar-refractivity contribution is -0.121. The fraction of sp³-hybridized carbons (Fsp3) is 0.304. The highest BCUT2D eigenvalue weighted by molar-refractivity contribution is 5.94. The van der Waals surface area contributed by atoms with E-state index in [-0.39, 0.29) is 11.8 Å². The summed E-state index contributed by atoms with van der Waals surface area (Å²) in [7, 11) is 1.58. The Kier molecular flexibility index (Phi) is 6.26. The number of ether oxygens (including phenoxy) is 1. The minimum Gasteiger partial charge on any atom is -0.497 e. The topological polar surface area (TPSA) is 89.3 Å². The van der Waals surface area contributed by atoms with Crippen molar-refractivity contribution in [2.75, 3.05) is 13.7 Å². The van der Waals surface area contributed by atoms with Crippen LogP contribution in [0.5, 0.6) is 5.75 Å². The summed E-state index contributed by atoms with van der Waals surface area (Å²) in [6.07, 6.45) is 0.805. The summed E-state index contributed by atoms with van der Waals surface area (Å²) in [5, 5.41) is 11.4. The Morgan fingerprint density at radius 2 is 1.94 bits per heavy atom. The number of carbonyl (C=O) groups is 2. The largest absolute Gasteiger partial charge is 0.497 e. The maximum Gasteiger partial charge on any atom is 0.254 e. The van der Waals surface area contributed by atoms with Crippen LogP contribution in [0.25, 0.3) is 0 Å². The maximum atomic E-state index is 13.0. The summed E-state index contributed by atoms with van der Waals surface area (Å²) in [5.74, 6) is 0.556. The van der Waals surface area contributed by atoms with Gasteiger partial charge < -0.3 is 15.0 Å². The molecule has 8 nitrogen and oxygen atoms in total. The maximum absolute atomic E-state index is 13.0. The van der Waals surface area contributed by atoms with Crippen molar-refractivity contribution >= 4 is 11.8 Å². The molecule has 0 spiro atoms. The van der Waals surface area contributed by atoms with Crippen LogP contribution in [0.2, 0.25) is 0 Å². The molecule has 1 N–H and O–H groups in total. The Labute approximate surface area is 180 Å². The van der Waals surface area contributed by atoms with Gasteiger partial charge >= 0.3 is 0 Å². The van der Waals surface area contributed by atoms with Gasteiger partial charge in [0.2, 0.25) is 5.91 Å². The van der Waals surface area contributed by atoms with E-state index in [1.54, 1.807) is 30.2 Å². The van der Waals surface area contributed by atoms with E-state index in [0.29, 0.717) is 50.3 Å². The number of nitrogens with one attached hydrogen (secondary N) is 1. The zero-order valence-corrected chi connectivity index (χ0v) is 17.5. The average molecular weight is 419 g/mol. The second-order valence-corrected chi connectivity index (χ2v) is 7.43. The lowest BCUT2D eigenvalue weighted by atomic mass is 10.1. The fourth-order valence-electron chi connectivity index (χ4n) is 3.62. The molecule has 1 aliphatic heterocycles. The molecule has 2 aromatic carbocycles. The van der Waals surface area contributed by atoms with Crippen LogP contribution in [0.4, 0.5) is 0 Å². The lowest BCUT2D eigenvalue weighted by Crippen LogP contribution is -2.38. The minimum atomic E-state index is -0.0575. The highest BCUT2D eigenvalue weighted by atomic mass is 16.5. The van der Waals surface area contributed by atoms with Crippen molar-refractivity contribution in [1.82, 2.24) is 25.2 Å². The first-order chi connectivity index (χ1) is 15.1. The number of aryl methyl sites for hydroxylation is 1. The zero-order chi connectivity index (χ0) is 21.6. The van der Waals surface area contributed by atoms with Gasteiger partial charge in [-0.3, -0.25) is 9.59 Å². The van der Waals surface area contributed by atoms with Crippen LogP contribution in [0.15, 0.2) is 54.6 Å².